The normalized spacial score (nSPS) is 26.2. The van der Waals surface area contributed by atoms with Crippen LogP contribution in [0.4, 0.5) is 5.69 Å². The molecular formula is C36H43BrN6O5S. The molecule has 260 valence electrons. The monoisotopic (exact) mass is 750 g/mol. The van der Waals surface area contributed by atoms with Crippen LogP contribution in [0.2, 0.25) is 0 Å². The summed E-state index contributed by atoms with van der Waals surface area (Å²) in [6.45, 7) is 14.4. The van der Waals surface area contributed by atoms with Crippen molar-refractivity contribution in [3.05, 3.63) is 73.8 Å². The maximum absolute atomic E-state index is 15.0. The predicted molar refractivity (Wildman–Crippen MR) is 194 cm³/mol. The van der Waals surface area contributed by atoms with Gasteiger partial charge in [-0.25, -0.2) is 4.68 Å². The number of nitrogens with zero attached hydrogens (tertiary/aromatic N) is 6. The van der Waals surface area contributed by atoms with Crippen molar-refractivity contribution in [2.45, 2.75) is 60.8 Å². The zero-order chi connectivity index (χ0) is 35.0. The summed E-state index contributed by atoms with van der Waals surface area (Å²) >= 11 is 5.45. The summed E-state index contributed by atoms with van der Waals surface area (Å²) < 4.78 is 6.38. The van der Waals surface area contributed by atoms with Crippen molar-refractivity contribution in [2.75, 3.05) is 31.2 Å². The summed E-state index contributed by atoms with van der Waals surface area (Å²) in [7, 11) is 0. The molecule has 0 aliphatic carbocycles. The van der Waals surface area contributed by atoms with Gasteiger partial charge in [0.1, 0.15) is 24.0 Å². The van der Waals surface area contributed by atoms with E-state index < -0.39 is 28.7 Å². The van der Waals surface area contributed by atoms with E-state index in [1.165, 1.54) is 0 Å². The molecule has 3 saturated heterocycles. The molecule has 0 radical (unpaired) electrons. The minimum Gasteiger partial charge on any atom is -0.494 e. The van der Waals surface area contributed by atoms with Crippen LogP contribution in [0.3, 0.4) is 0 Å². The third-order valence-corrected chi connectivity index (χ3v) is 13.2. The fourth-order valence-corrected chi connectivity index (χ4v) is 11.4. The first-order valence-corrected chi connectivity index (χ1v) is 18.5. The number of carbonyl (C=O) groups is 3. The third-order valence-electron chi connectivity index (χ3n) is 9.98. The highest BCUT2D eigenvalue weighted by Gasteiger charge is 2.76. The summed E-state index contributed by atoms with van der Waals surface area (Å²) in [5, 5.41) is 19.0. The van der Waals surface area contributed by atoms with Gasteiger partial charge in [-0.3, -0.25) is 14.4 Å². The third kappa shape index (κ3) is 5.97. The maximum atomic E-state index is 15.0. The van der Waals surface area contributed by atoms with E-state index in [2.05, 4.69) is 39.4 Å². The second kappa shape index (κ2) is 14.3. The Kier molecular flexibility index (Phi) is 10.2. The number of rotatable bonds is 14. The smallest absolute Gasteiger partial charge is 0.248 e. The van der Waals surface area contributed by atoms with E-state index in [0.717, 1.165) is 5.52 Å². The summed E-state index contributed by atoms with van der Waals surface area (Å²) in [5.74, 6) is -1.66. The Labute approximate surface area is 299 Å². The lowest BCUT2D eigenvalue weighted by molar-refractivity contribution is -0.147. The van der Waals surface area contributed by atoms with Gasteiger partial charge < -0.3 is 24.5 Å². The molecule has 1 spiro atoms. The van der Waals surface area contributed by atoms with Gasteiger partial charge in [0.15, 0.2) is 0 Å². The molecule has 4 heterocycles. The standard InChI is InChI=1S/C36H43BrN6O5S/c1-6-17-40(21-42-27-12-10-9-11-26(27)38-39-42)35(47)32-36-19-25(37)31(49-36)29(30(36)34(46)43(32)28(20-44)22(4)5)33(45)41(18-7-2)23-13-15-24(16-14-23)48-8-3/h6-7,9-16,22,25,28-32,44H,1-2,8,17-21H2,3-5H3/t25?,28-,29-,30-,31-,32?,36?/m0/s1. The van der Waals surface area contributed by atoms with E-state index in [1.54, 1.807) is 43.3 Å². The van der Waals surface area contributed by atoms with Crippen LogP contribution in [0, 0.1) is 17.8 Å². The molecule has 3 fully saturated rings. The van der Waals surface area contributed by atoms with E-state index in [0.29, 0.717) is 30.0 Å². The number of aliphatic hydroxyl groups is 1. The fourth-order valence-electron chi connectivity index (χ4n) is 7.86. The molecular weight excluding hydrogens is 708 g/mol. The number of amides is 3. The molecule has 13 heteroatoms. The summed E-state index contributed by atoms with van der Waals surface area (Å²) in [6, 6.07) is 13.3. The average molecular weight is 752 g/mol. The van der Waals surface area contributed by atoms with Gasteiger partial charge in [0, 0.05) is 28.9 Å². The molecule has 3 unspecified atom stereocenters. The number of para-hydroxylation sites is 1. The lowest BCUT2D eigenvalue weighted by atomic mass is 9.70. The second-order valence-electron chi connectivity index (χ2n) is 13.1. The van der Waals surface area contributed by atoms with Crippen molar-refractivity contribution >= 4 is 62.1 Å². The molecule has 3 aliphatic rings. The van der Waals surface area contributed by atoms with E-state index in [-0.39, 0.29) is 60.1 Å². The van der Waals surface area contributed by atoms with Crippen LogP contribution in [0.15, 0.2) is 73.8 Å². The van der Waals surface area contributed by atoms with E-state index in [9.17, 15) is 14.7 Å². The number of thioether (sulfide) groups is 1. The molecule has 6 rings (SSSR count). The summed E-state index contributed by atoms with van der Waals surface area (Å²) in [5.41, 5.74) is 2.15. The van der Waals surface area contributed by atoms with Crippen molar-refractivity contribution in [2.24, 2.45) is 17.8 Å². The van der Waals surface area contributed by atoms with Crippen LogP contribution in [-0.4, -0.2) is 101 Å². The maximum Gasteiger partial charge on any atom is 0.248 e. The SMILES string of the molecule is C=CCN(Cn1nnc2ccccc21)C(=O)C1N([C@@H](CO)C(C)C)C(=O)[C@@H]2[C@H](C(=O)N(CC=C)c3ccc(OCC)cc3)[C@H]3SC12CC3Br. The van der Waals surface area contributed by atoms with Gasteiger partial charge in [0.25, 0.3) is 0 Å². The van der Waals surface area contributed by atoms with Crippen LogP contribution >= 0.6 is 27.7 Å². The van der Waals surface area contributed by atoms with E-state index >= 15 is 4.79 Å². The number of halogens is 1. The Morgan fingerprint density at radius 2 is 1.86 bits per heavy atom. The average Bonchev–Trinajstić information content (AvgIpc) is 3.81. The van der Waals surface area contributed by atoms with E-state index in [1.807, 2.05) is 69.3 Å². The van der Waals surface area contributed by atoms with Crippen molar-refractivity contribution in [1.29, 1.82) is 0 Å². The molecule has 2 aromatic carbocycles. The lowest BCUT2D eigenvalue weighted by Crippen LogP contribution is -2.59. The van der Waals surface area contributed by atoms with Gasteiger partial charge in [-0.2, -0.15) is 0 Å². The number of aromatic nitrogens is 3. The number of aliphatic hydroxyl groups excluding tert-OH is 1. The number of likely N-dealkylation sites (tertiary alicyclic amines) is 1. The first-order valence-electron chi connectivity index (χ1n) is 16.7. The first kappa shape index (κ1) is 35.2. The number of carbonyl (C=O) groups excluding carboxylic acids is 3. The molecule has 3 aromatic rings. The Bertz CT molecular complexity index is 1730. The number of hydrogen-bond donors (Lipinski definition) is 1. The molecule has 1 aromatic heterocycles. The van der Waals surface area contributed by atoms with Crippen molar-refractivity contribution in [3.63, 3.8) is 0 Å². The first-order chi connectivity index (χ1) is 23.6. The Morgan fingerprint density at radius 1 is 1.14 bits per heavy atom. The number of fused-ring (bicyclic) bond motifs is 2. The van der Waals surface area contributed by atoms with Gasteiger partial charge in [-0.1, -0.05) is 59.3 Å². The summed E-state index contributed by atoms with van der Waals surface area (Å²) in [6.07, 6.45) is 3.85. The van der Waals surface area contributed by atoms with Gasteiger partial charge in [0.05, 0.1) is 41.4 Å². The highest BCUT2D eigenvalue weighted by atomic mass is 79.9. The Hall–Kier alpha value is -3.68. The zero-order valence-electron chi connectivity index (χ0n) is 28.0. The molecule has 7 atom stereocenters. The lowest BCUT2D eigenvalue weighted by Gasteiger charge is -2.40. The molecule has 3 aliphatic heterocycles. The Balaban J connectivity index is 1.41. The predicted octanol–water partition coefficient (Wildman–Crippen LogP) is 4.50. The number of hydrogen-bond acceptors (Lipinski definition) is 8. The Morgan fingerprint density at radius 3 is 2.51 bits per heavy atom. The summed E-state index contributed by atoms with van der Waals surface area (Å²) in [4.78, 5) is 49.5. The van der Waals surface area contributed by atoms with Gasteiger partial charge in [-0.15, -0.1) is 30.0 Å². The molecule has 0 saturated carbocycles. The number of benzene rings is 2. The highest BCUT2D eigenvalue weighted by Crippen LogP contribution is 2.68. The van der Waals surface area contributed by atoms with Gasteiger partial charge >= 0.3 is 0 Å². The van der Waals surface area contributed by atoms with Gasteiger partial charge in [-0.05, 0) is 55.7 Å². The zero-order valence-corrected chi connectivity index (χ0v) is 30.4. The van der Waals surface area contributed by atoms with Crippen LogP contribution in [0.5, 0.6) is 5.75 Å². The topological polar surface area (TPSA) is 121 Å². The van der Waals surface area contributed by atoms with Crippen LogP contribution in [0.25, 0.3) is 11.0 Å². The molecule has 2 bridgehead atoms. The van der Waals surface area contributed by atoms with Crippen LogP contribution in [-0.2, 0) is 21.1 Å². The number of alkyl halides is 1. The molecule has 49 heavy (non-hydrogen) atoms. The number of anilines is 1. The highest BCUT2D eigenvalue weighted by molar-refractivity contribution is 9.09. The molecule has 11 nitrogen and oxygen atoms in total. The van der Waals surface area contributed by atoms with Gasteiger partial charge in [0.2, 0.25) is 17.7 Å². The minimum atomic E-state index is -0.925. The van der Waals surface area contributed by atoms with E-state index in [4.69, 9.17) is 4.74 Å². The minimum absolute atomic E-state index is 0.0924. The molecule has 3 amide bonds. The molecule has 1 N–H and O–H groups in total. The quantitative estimate of drug-likeness (QED) is 0.189. The van der Waals surface area contributed by atoms with Crippen LogP contribution in [0.1, 0.15) is 27.2 Å². The largest absolute Gasteiger partial charge is 0.494 e. The van der Waals surface area contributed by atoms with Crippen molar-refractivity contribution in [1.82, 2.24) is 24.8 Å². The van der Waals surface area contributed by atoms with Crippen molar-refractivity contribution < 1.29 is 24.2 Å². The number of ether oxygens (including phenoxy) is 1. The fraction of sp³-hybridized carbons (Fsp3) is 0.472. The van der Waals surface area contributed by atoms with Crippen molar-refractivity contribution in [3.8, 4) is 5.75 Å². The second-order valence-corrected chi connectivity index (χ2v) is 15.9. The van der Waals surface area contributed by atoms with Crippen LogP contribution < -0.4 is 9.64 Å².